The van der Waals surface area contributed by atoms with E-state index in [0.717, 1.165) is 11.4 Å². The highest BCUT2D eigenvalue weighted by Gasteiger charge is 2.16. The molecule has 104 valence electrons. The van der Waals surface area contributed by atoms with Crippen LogP contribution in [0.5, 0.6) is 0 Å². The molecule has 1 N–H and O–H groups in total. The van der Waals surface area contributed by atoms with E-state index in [2.05, 4.69) is 5.32 Å². The fourth-order valence-electron chi connectivity index (χ4n) is 2.00. The van der Waals surface area contributed by atoms with Crippen LogP contribution in [0.3, 0.4) is 0 Å². The SMILES string of the molecule is CN(C)c1cccc(NCC(=O)N2CCOCC2)c1. The zero-order chi connectivity index (χ0) is 13.7. The number of rotatable bonds is 4. The van der Waals surface area contributed by atoms with E-state index in [9.17, 15) is 4.79 Å². The van der Waals surface area contributed by atoms with Crippen molar-refractivity contribution in [2.24, 2.45) is 0 Å². The number of amides is 1. The van der Waals surface area contributed by atoms with Crippen LogP contribution >= 0.6 is 0 Å². The first kappa shape index (κ1) is 13.7. The second-order valence-corrected chi connectivity index (χ2v) is 4.79. The van der Waals surface area contributed by atoms with Crippen LogP contribution in [0.1, 0.15) is 0 Å². The number of anilines is 2. The third-order valence-electron chi connectivity index (χ3n) is 3.17. The molecule has 0 spiro atoms. The first-order valence-electron chi connectivity index (χ1n) is 6.53. The average molecular weight is 263 g/mol. The summed E-state index contributed by atoms with van der Waals surface area (Å²) in [6.45, 7) is 3.00. The van der Waals surface area contributed by atoms with Gasteiger partial charge in [0.15, 0.2) is 0 Å². The third-order valence-corrected chi connectivity index (χ3v) is 3.17. The molecule has 0 aromatic heterocycles. The molecule has 1 fully saturated rings. The van der Waals surface area contributed by atoms with Crippen molar-refractivity contribution < 1.29 is 9.53 Å². The molecule has 1 heterocycles. The Hall–Kier alpha value is -1.75. The van der Waals surface area contributed by atoms with Gasteiger partial charge >= 0.3 is 0 Å². The van der Waals surface area contributed by atoms with Gasteiger partial charge in [-0.3, -0.25) is 4.79 Å². The molecule has 1 saturated heterocycles. The largest absolute Gasteiger partial charge is 0.378 e. The Morgan fingerprint density at radius 1 is 1.37 bits per heavy atom. The quantitative estimate of drug-likeness (QED) is 0.881. The molecule has 1 aliphatic heterocycles. The van der Waals surface area contributed by atoms with Gasteiger partial charge in [0, 0.05) is 38.6 Å². The summed E-state index contributed by atoms with van der Waals surface area (Å²) in [5.74, 6) is 0.124. The van der Waals surface area contributed by atoms with Crippen molar-refractivity contribution in [1.29, 1.82) is 0 Å². The van der Waals surface area contributed by atoms with E-state index >= 15 is 0 Å². The van der Waals surface area contributed by atoms with E-state index in [1.54, 1.807) is 0 Å². The number of hydrogen-bond acceptors (Lipinski definition) is 4. The van der Waals surface area contributed by atoms with Crippen LogP contribution in [0, 0.1) is 0 Å². The van der Waals surface area contributed by atoms with Crippen LogP contribution in [0.2, 0.25) is 0 Å². The Labute approximate surface area is 114 Å². The molecule has 1 aliphatic rings. The molecule has 1 aromatic carbocycles. The lowest BCUT2D eigenvalue weighted by Crippen LogP contribution is -2.43. The van der Waals surface area contributed by atoms with Gasteiger partial charge in [0.2, 0.25) is 5.91 Å². The van der Waals surface area contributed by atoms with Crippen molar-refractivity contribution in [2.75, 3.05) is 57.2 Å². The smallest absolute Gasteiger partial charge is 0.242 e. The first-order valence-corrected chi connectivity index (χ1v) is 6.53. The van der Waals surface area contributed by atoms with Gasteiger partial charge in [-0.2, -0.15) is 0 Å². The van der Waals surface area contributed by atoms with Gasteiger partial charge in [-0.25, -0.2) is 0 Å². The van der Waals surface area contributed by atoms with Gasteiger partial charge in [-0.15, -0.1) is 0 Å². The number of hydrogen-bond donors (Lipinski definition) is 1. The molecule has 0 bridgehead atoms. The topological polar surface area (TPSA) is 44.8 Å². The molecule has 0 aliphatic carbocycles. The minimum absolute atomic E-state index is 0.124. The maximum Gasteiger partial charge on any atom is 0.242 e. The molecular formula is C14H21N3O2. The number of carbonyl (C=O) groups is 1. The van der Waals surface area contributed by atoms with Crippen molar-refractivity contribution in [3.8, 4) is 0 Å². The summed E-state index contributed by atoms with van der Waals surface area (Å²) in [5.41, 5.74) is 2.08. The molecular weight excluding hydrogens is 242 g/mol. The predicted molar refractivity (Wildman–Crippen MR) is 76.7 cm³/mol. The van der Waals surface area contributed by atoms with Crippen LogP contribution in [-0.2, 0) is 9.53 Å². The number of nitrogens with one attached hydrogen (secondary N) is 1. The van der Waals surface area contributed by atoms with Gasteiger partial charge in [-0.1, -0.05) is 6.07 Å². The van der Waals surface area contributed by atoms with E-state index in [-0.39, 0.29) is 5.91 Å². The van der Waals surface area contributed by atoms with E-state index in [1.165, 1.54) is 0 Å². The second kappa shape index (κ2) is 6.43. The number of carbonyl (C=O) groups excluding carboxylic acids is 1. The average Bonchev–Trinajstić information content (AvgIpc) is 2.46. The minimum Gasteiger partial charge on any atom is -0.378 e. The summed E-state index contributed by atoms with van der Waals surface area (Å²) in [6, 6.07) is 8.03. The summed E-state index contributed by atoms with van der Waals surface area (Å²) < 4.78 is 5.23. The molecule has 0 atom stereocenters. The maximum absolute atomic E-state index is 12.0. The van der Waals surface area contributed by atoms with Crippen molar-refractivity contribution in [3.63, 3.8) is 0 Å². The van der Waals surface area contributed by atoms with Crippen LogP contribution in [0.4, 0.5) is 11.4 Å². The fraction of sp³-hybridized carbons (Fsp3) is 0.500. The Morgan fingerprint density at radius 2 is 2.11 bits per heavy atom. The van der Waals surface area contributed by atoms with Gasteiger partial charge in [-0.05, 0) is 18.2 Å². The number of nitrogens with zero attached hydrogens (tertiary/aromatic N) is 2. The Balaban J connectivity index is 1.87. The first-order chi connectivity index (χ1) is 9.16. The Kier molecular flexibility index (Phi) is 4.63. The highest BCUT2D eigenvalue weighted by Crippen LogP contribution is 2.17. The van der Waals surface area contributed by atoms with Crippen LogP contribution in [0.15, 0.2) is 24.3 Å². The molecule has 1 aromatic rings. The minimum atomic E-state index is 0.124. The highest BCUT2D eigenvalue weighted by atomic mass is 16.5. The number of ether oxygens (including phenoxy) is 1. The summed E-state index contributed by atoms with van der Waals surface area (Å²) in [6.07, 6.45) is 0. The van der Waals surface area contributed by atoms with Gasteiger partial charge in [0.25, 0.3) is 0 Å². The second-order valence-electron chi connectivity index (χ2n) is 4.79. The molecule has 0 radical (unpaired) electrons. The highest BCUT2D eigenvalue weighted by molar-refractivity contribution is 5.81. The van der Waals surface area contributed by atoms with Crippen molar-refractivity contribution in [3.05, 3.63) is 24.3 Å². The van der Waals surface area contributed by atoms with Crippen LogP contribution < -0.4 is 10.2 Å². The lowest BCUT2D eigenvalue weighted by atomic mass is 10.2. The van der Waals surface area contributed by atoms with Crippen molar-refractivity contribution in [1.82, 2.24) is 4.90 Å². The fourth-order valence-corrected chi connectivity index (χ4v) is 2.00. The number of benzene rings is 1. The van der Waals surface area contributed by atoms with Crippen LogP contribution in [-0.4, -0.2) is 57.8 Å². The Bertz CT molecular complexity index is 428. The summed E-state index contributed by atoms with van der Waals surface area (Å²) >= 11 is 0. The lowest BCUT2D eigenvalue weighted by Gasteiger charge is -2.27. The van der Waals surface area contributed by atoms with Gasteiger partial charge < -0.3 is 19.9 Å². The third kappa shape index (κ3) is 3.86. The molecule has 0 saturated carbocycles. The zero-order valence-corrected chi connectivity index (χ0v) is 11.6. The monoisotopic (exact) mass is 263 g/mol. The maximum atomic E-state index is 12.0. The van der Waals surface area contributed by atoms with Gasteiger partial charge in [0.1, 0.15) is 0 Å². The molecule has 5 heteroatoms. The zero-order valence-electron chi connectivity index (χ0n) is 11.6. The predicted octanol–water partition coefficient (Wildman–Crippen LogP) is 1.02. The Morgan fingerprint density at radius 3 is 2.79 bits per heavy atom. The summed E-state index contributed by atoms with van der Waals surface area (Å²) in [7, 11) is 4.00. The van der Waals surface area contributed by atoms with E-state index < -0.39 is 0 Å². The van der Waals surface area contributed by atoms with Gasteiger partial charge in [0.05, 0.1) is 19.8 Å². The molecule has 2 rings (SSSR count). The normalized spacial score (nSPS) is 15.2. The van der Waals surface area contributed by atoms with E-state index in [4.69, 9.17) is 4.74 Å². The van der Waals surface area contributed by atoms with E-state index in [1.807, 2.05) is 48.2 Å². The van der Waals surface area contributed by atoms with Crippen molar-refractivity contribution >= 4 is 17.3 Å². The lowest BCUT2D eigenvalue weighted by molar-refractivity contribution is -0.133. The number of morpholine rings is 1. The van der Waals surface area contributed by atoms with Crippen molar-refractivity contribution in [2.45, 2.75) is 0 Å². The molecule has 1 amide bonds. The van der Waals surface area contributed by atoms with Crippen LogP contribution in [0.25, 0.3) is 0 Å². The molecule has 19 heavy (non-hydrogen) atoms. The summed E-state index contributed by atoms with van der Waals surface area (Å²) in [4.78, 5) is 15.9. The molecule has 0 unspecified atom stereocenters. The van der Waals surface area contributed by atoms with E-state index in [0.29, 0.717) is 32.8 Å². The standard InChI is InChI=1S/C14H21N3O2/c1-16(2)13-5-3-4-12(10-13)15-11-14(18)17-6-8-19-9-7-17/h3-5,10,15H,6-9,11H2,1-2H3. The summed E-state index contributed by atoms with van der Waals surface area (Å²) in [5, 5.41) is 3.18. The molecule has 5 nitrogen and oxygen atoms in total.